The molecule has 0 spiro atoms. The highest BCUT2D eigenvalue weighted by molar-refractivity contribution is 9.10. The quantitative estimate of drug-likeness (QED) is 0.826. The van der Waals surface area contributed by atoms with Crippen LogP contribution in [0.2, 0.25) is 0 Å². The first-order chi connectivity index (χ1) is 11.4. The molecule has 0 atom stereocenters. The molecule has 0 aliphatic heterocycles. The number of hydrogen-bond donors (Lipinski definition) is 1. The van der Waals surface area contributed by atoms with Gasteiger partial charge in [0.2, 0.25) is 11.8 Å². The predicted molar refractivity (Wildman–Crippen MR) is 91.8 cm³/mol. The van der Waals surface area contributed by atoms with Crippen LogP contribution in [-0.4, -0.2) is 18.4 Å². The van der Waals surface area contributed by atoms with Crippen molar-refractivity contribution in [3.63, 3.8) is 0 Å². The summed E-state index contributed by atoms with van der Waals surface area (Å²) in [6.07, 6.45) is -0.0938. The van der Waals surface area contributed by atoms with Crippen molar-refractivity contribution in [3.8, 4) is 0 Å². The minimum absolute atomic E-state index is 0.0938. The molecule has 1 N–H and O–H groups in total. The van der Waals surface area contributed by atoms with E-state index >= 15 is 0 Å². The molecule has 0 unspecified atom stereocenters. The summed E-state index contributed by atoms with van der Waals surface area (Å²) in [6, 6.07) is 10.3. The minimum atomic E-state index is -0.849. The Kier molecular flexibility index (Phi) is 6.03. The fourth-order valence-electron chi connectivity index (χ4n) is 2.14. The second-order valence-electron chi connectivity index (χ2n) is 5.05. The number of carbonyl (C=O) groups is 2. The number of nitrogens with one attached hydrogen (secondary N) is 1. The Labute approximate surface area is 146 Å². The van der Waals surface area contributed by atoms with Crippen molar-refractivity contribution in [2.45, 2.75) is 13.3 Å². The summed E-state index contributed by atoms with van der Waals surface area (Å²) in [6.45, 7) is 1.06. The summed E-state index contributed by atoms with van der Waals surface area (Å²) in [5.41, 5.74) is 0.149. The highest BCUT2D eigenvalue weighted by Crippen LogP contribution is 2.23. The Morgan fingerprint density at radius 2 is 1.67 bits per heavy atom. The van der Waals surface area contributed by atoms with Gasteiger partial charge in [-0.2, -0.15) is 0 Å². The molecule has 0 aromatic heterocycles. The van der Waals surface area contributed by atoms with Crippen molar-refractivity contribution in [1.82, 2.24) is 0 Å². The minimum Gasteiger partial charge on any atom is -0.326 e. The van der Waals surface area contributed by atoms with Gasteiger partial charge in [-0.1, -0.05) is 22.0 Å². The van der Waals surface area contributed by atoms with Gasteiger partial charge in [0.05, 0.1) is 0 Å². The molecule has 7 heteroatoms. The van der Waals surface area contributed by atoms with E-state index in [4.69, 9.17) is 0 Å². The number of amides is 2. The molecule has 2 aromatic carbocycles. The summed E-state index contributed by atoms with van der Waals surface area (Å²) in [5.74, 6) is -2.60. The van der Waals surface area contributed by atoms with E-state index in [-0.39, 0.29) is 18.9 Å². The number of carbonyl (C=O) groups excluding carboxylic acids is 2. The van der Waals surface area contributed by atoms with Gasteiger partial charge in [-0.05, 0) is 36.4 Å². The average Bonchev–Trinajstić information content (AvgIpc) is 2.52. The number of anilines is 2. The van der Waals surface area contributed by atoms with Gasteiger partial charge < -0.3 is 10.2 Å². The standard InChI is InChI=1S/C17H15BrF2N2O2/c1-11(23)22(17-14(19)3-2-4-15(17)20)10-9-16(24)21-13-7-5-12(18)6-8-13/h2-8H,9-10H2,1H3,(H,21,24). The molecule has 24 heavy (non-hydrogen) atoms. The molecule has 0 aliphatic carbocycles. The third-order valence-electron chi connectivity index (χ3n) is 3.28. The van der Waals surface area contributed by atoms with Crippen LogP contribution in [-0.2, 0) is 9.59 Å². The Bertz CT molecular complexity index is 731. The van der Waals surface area contributed by atoms with E-state index in [2.05, 4.69) is 21.2 Å². The van der Waals surface area contributed by atoms with Crippen LogP contribution in [0.1, 0.15) is 13.3 Å². The van der Waals surface area contributed by atoms with E-state index in [1.807, 2.05) is 0 Å². The van der Waals surface area contributed by atoms with Gasteiger partial charge in [-0.3, -0.25) is 9.59 Å². The molecule has 0 aliphatic rings. The van der Waals surface area contributed by atoms with E-state index in [0.29, 0.717) is 5.69 Å². The topological polar surface area (TPSA) is 49.4 Å². The van der Waals surface area contributed by atoms with Crippen molar-refractivity contribution in [3.05, 3.63) is 58.6 Å². The maximum absolute atomic E-state index is 13.8. The highest BCUT2D eigenvalue weighted by Gasteiger charge is 2.20. The Hall–Kier alpha value is -2.28. The van der Waals surface area contributed by atoms with E-state index in [9.17, 15) is 18.4 Å². The average molecular weight is 397 g/mol. The largest absolute Gasteiger partial charge is 0.326 e. The maximum atomic E-state index is 13.8. The van der Waals surface area contributed by atoms with Crippen LogP contribution >= 0.6 is 15.9 Å². The van der Waals surface area contributed by atoms with Crippen LogP contribution in [0.3, 0.4) is 0 Å². The molecule has 0 bridgehead atoms. The van der Waals surface area contributed by atoms with Crippen molar-refractivity contribution >= 4 is 39.1 Å². The van der Waals surface area contributed by atoms with Crippen LogP contribution in [0.25, 0.3) is 0 Å². The fraction of sp³-hybridized carbons (Fsp3) is 0.176. The first-order valence-corrected chi connectivity index (χ1v) is 7.95. The fourth-order valence-corrected chi connectivity index (χ4v) is 2.41. The second kappa shape index (κ2) is 8.01. The molecular weight excluding hydrogens is 382 g/mol. The maximum Gasteiger partial charge on any atom is 0.226 e. The van der Waals surface area contributed by atoms with Gasteiger partial charge in [0.25, 0.3) is 0 Å². The molecule has 2 amide bonds. The summed E-state index contributed by atoms with van der Waals surface area (Å²) in [4.78, 5) is 24.6. The third kappa shape index (κ3) is 4.61. The van der Waals surface area contributed by atoms with Crippen molar-refractivity contribution < 1.29 is 18.4 Å². The SMILES string of the molecule is CC(=O)N(CCC(=O)Nc1ccc(Br)cc1)c1c(F)cccc1F. The van der Waals surface area contributed by atoms with Crippen LogP contribution in [0.4, 0.5) is 20.2 Å². The van der Waals surface area contributed by atoms with Crippen molar-refractivity contribution in [1.29, 1.82) is 0 Å². The zero-order valence-corrected chi connectivity index (χ0v) is 14.4. The van der Waals surface area contributed by atoms with E-state index < -0.39 is 23.2 Å². The smallest absolute Gasteiger partial charge is 0.226 e. The van der Waals surface area contributed by atoms with E-state index in [0.717, 1.165) is 21.5 Å². The van der Waals surface area contributed by atoms with Gasteiger partial charge in [-0.15, -0.1) is 0 Å². The Morgan fingerprint density at radius 1 is 1.08 bits per heavy atom. The Morgan fingerprint density at radius 3 is 2.21 bits per heavy atom. The lowest BCUT2D eigenvalue weighted by Crippen LogP contribution is -2.33. The van der Waals surface area contributed by atoms with Gasteiger partial charge in [-0.25, -0.2) is 8.78 Å². The van der Waals surface area contributed by atoms with Crippen molar-refractivity contribution in [2.75, 3.05) is 16.8 Å². The van der Waals surface area contributed by atoms with Crippen LogP contribution in [0.15, 0.2) is 46.9 Å². The molecule has 2 rings (SSSR count). The molecule has 0 radical (unpaired) electrons. The number of hydrogen-bond acceptors (Lipinski definition) is 2. The summed E-state index contributed by atoms with van der Waals surface area (Å²) >= 11 is 3.29. The molecular formula is C17H15BrF2N2O2. The van der Waals surface area contributed by atoms with Gasteiger partial charge in [0, 0.05) is 30.0 Å². The summed E-state index contributed by atoms with van der Waals surface area (Å²) in [5, 5.41) is 2.66. The summed E-state index contributed by atoms with van der Waals surface area (Å²) in [7, 11) is 0. The number of para-hydroxylation sites is 1. The first-order valence-electron chi connectivity index (χ1n) is 7.16. The normalized spacial score (nSPS) is 10.3. The molecule has 0 heterocycles. The second-order valence-corrected chi connectivity index (χ2v) is 5.96. The predicted octanol–water partition coefficient (Wildman–Crippen LogP) is 4.11. The van der Waals surface area contributed by atoms with Gasteiger partial charge in [0.1, 0.15) is 17.3 Å². The monoisotopic (exact) mass is 396 g/mol. The zero-order chi connectivity index (χ0) is 17.7. The highest BCUT2D eigenvalue weighted by atomic mass is 79.9. The van der Waals surface area contributed by atoms with E-state index in [1.165, 1.54) is 13.0 Å². The molecule has 4 nitrogen and oxygen atoms in total. The van der Waals surface area contributed by atoms with Crippen LogP contribution in [0.5, 0.6) is 0 Å². The van der Waals surface area contributed by atoms with Crippen molar-refractivity contribution in [2.24, 2.45) is 0 Å². The molecule has 126 valence electrons. The lowest BCUT2D eigenvalue weighted by Gasteiger charge is -2.22. The van der Waals surface area contributed by atoms with Gasteiger partial charge in [0.15, 0.2) is 0 Å². The molecule has 0 saturated heterocycles. The number of halogens is 3. The zero-order valence-electron chi connectivity index (χ0n) is 12.9. The lowest BCUT2D eigenvalue weighted by molar-refractivity contribution is -0.117. The Balaban J connectivity index is 2.05. The molecule has 0 saturated carbocycles. The van der Waals surface area contributed by atoms with E-state index in [1.54, 1.807) is 24.3 Å². The number of benzene rings is 2. The number of nitrogens with zero attached hydrogens (tertiary/aromatic N) is 1. The number of rotatable bonds is 5. The third-order valence-corrected chi connectivity index (χ3v) is 3.81. The first kappa shape index (κ1) is 18.1. The molecule has 0 fully saturated rings. The lowest BCUT2D eigenvalue weighted by atomic mass is 10.2. The van der Waals surface area contributed by atoms with Crippen LogP contribution < -0.4 is 10.2 Å². The van der Waals surface area contributed by atoms with Gasteiger partial charge >= 0.3 is 0 Å². The summed E-state index contributed by atoms with van der Waals surface area (Å²) < 4.78 is 28.5. The van der Waals surface area contributed by atoms with Crippen LogP contribution in [0, 0.1) is 11.6 Å². The molecule has 2 aromatic rings.